The van der Waals surface area contributed by atoms with Crippen LogP contribution in [0, 0.1) is 0 Å². The molecule has 0 radical (unpaired) electrons. The number of nitrogens with one attached hydrogen (secondary N) is 2. The molecule has 33 heavy (non-hydrogen) atoms. The fraction of sp³-hybridized carbons (Fsp3) is 0.476. The van der Waals surface area contributed by atoms with Gasteiger partial charge in [0, 0.05) is 34.9 Å². The Morgan fingerprint density at radius 1 is 1.18 bits per heavy atom. The Bertz CT molecular complexity index is 1110. The maximum Gasteiger partial charge on any atom is 0.273 e. The van der Waals surface area contributed by atoms with E-state index in [1.165, 1.54) is 6.07 Å². The molecule has 2 aromatic rings. The highest BCUT2D eigenvalue weighted by atomic mass is 79.9. The molecule has 1 aromatic carbocycles. The number of rotatable bonds is 6. The molecule has 2 aliphatic rings. The Hall–Kier alpha value is -0.880. The van der Waals surface area contributed by atoms with Crippen LogP contribution in [0.3, 0.4) is 0 Å². The van der Waals surface area contributed by atoms with Crippen LogP contribution in [0.2, 0.25) is 10.0 Å². The summed E-state index contributed by atoms with van der Waals surface area (Å²) in [5.41, 5.74) is 0. The third-order valence-electron chi connectivity index (χ3n) is 5.91. The van der Waals surface area contributed by atoms with Gasteiger partial charge in [-0.3, -0.25) is 9.69 Å². The van der Waals surface area contributed by atoms with Gasteiger partial charge in [0.05, 0.1) is 16.1 Å². The fourth-order valence-electron chi connectivity index (χ4n) is 4.32. The lowest BCUT2D eigenvalue weighted by atomic mass is 9.93. The van der Waals surface area contributed by atoms with Gasteiger partial charge >= 0.3 is 0 Å². The molecule has 2 atom stereocenters. The number of amides is 1. The molecule has 2 fully saturated rings. The van der Waals surface area contributed by atoms with Crippen LogP contribution in [-0.4, -0.2) is 57.0 Å². The molecule has 0 spiro atoms. The van der Waals surface area contributed by atoms with E-state index in [-0.39, 0.29) is 16.4 Å². The molecule has 2 unspecified atom stereocenters. The first kappa shape index (κ1) is 25.2. The first-order valence-corrected chi connectivity index (χ1v) is 14.5. The van der Waals surface area contributed by atoms with Crippen molar-refractivity contribution < 1.29 is 17.9 Å². The van der Waals surface area contributed by atoms with Gasteiger partial charge in [-0.1, -0.05) is 23.2 Å². The summed E-state index contributed by atoms with van der Waals surface area (Å²) in [7, 11) is -3.95. The zero-order chi connectivity index (χ0) is 23.6. The van der Waals surface area contributed by atoms with E-state index in [0.717, 1.165) is 43.7 Å². The molecule has 1 aromatic heterocycles. The number of benzene rings is 1. The van der Waals surface area contributed by atoms with Crippen molar-refractivity contribution in [2.45, 2.75) is 48.1 Å². The van der Waals surface area contributed by atoms with E-state index in [2.05, 4.69) is 30.9 Å². The van der Waals surface area contributed by atoms with E-state index in [0.29, 0.717) is 33.2 Å². The molecule has 180 valence electrons. The highest BCUT2D eigenvalue weighted by Crippen LogP contribution is 2.31. The minimum Gasteiger partial charge on any atom is -0.490 e. The molecule has 4 rings (SSSR count). The van der Waals surface area contributed by atoms with Crippen molar-refractivity contribution in [3.05, 3.63) is 44.2 Å². The molecule has 2 saturated heterocycles. The Labute approximate surface area is 216 Å². The summed E-state index contributed by atoms with van der Waals surface area (Å²) in [6, 6.07) is 6.14. The van der Waals surface area contributed by atoms with Crippen molar-refractivity contribution in [2.75, 3.05) is 19.6 Å². The third kappa shape index (κ3) is 6.22. The zero-order valence-corrected chi connectivity index (χ0v) is 22.3. The number of carbonyl (C=O) groups excluding carboxylic acids is 1. The lowest BCUT2D eigenvalue weighted by Crippen LogP contribution is -2.58. The van der Waals surface area contributed by atoms with Crippen LogP contribution in [-0.2, 0) is 14.8 Å². The van der Waals surface area contributed by atoms with Gasteiger partial charge in [-0.2, -0.15) is 0 Å². The maximum absolute atomic E-state index is 13.3. The monoisotopic (exact) mass is 595 g/mol. The van der Waals surface area contributed by atoms with E-state index < -0.39 is 22.0 Å². The minimum absolute atomic E-state index is 0.0931. The molecule has 12 heteroatoms. The van der Waals surface area contributed by atoms with Crippen LogP contribution in [0.15, 0.2) is 38.3 Å². The fourth-order valence-corrected chi connectivity index (χ4v) is 7.47. The summed E-state index contributed by atoms with van der Waals surface area (Å²) < 4.78 is 34.7. The lowest BCUT2D eigenvalue weighted by molar-refractivity contribution is -0.129. The predicted octanol–water partition coefficient (Wildman–Crippen LogP) is 4.29. The number of sulfonamides is 1. The van der Waals surface area contributed by atoms with Crippen molar-refractivity contribution in [1.82, 2.24) is 14.9 Å². The molecule has 7 nitrogen and oxygen atoms in total. The van der Waals surface area contributed by atoms with E-state index in [4.69, 9.17) is 27.9 Å². The van der Waals surface area contributed by atoms with E-state index in [1.807, 2.05) is 0 Å². The zero-order valence-electron chi connectivity index (χ0n) is 17.6. The number of hydrogen-bond acceptors (Lipinski definition) is 7. The van der Waals surface area contributed by atoms with Crippen molar-refractivity contribution in [3.8, 4) is 5.75 Å². The second-order valence-corrected chi connectivity index (χ2v) is 12.7. The number of hydrogen-bond donors (Lipinski definition) is 2. The molecule has 0 bridgehead atoms. The standard InChI is InChI=1S/C21H24BrCl2N3O4S2/c22-13-9-20(32-12-13)33(29,30)26-21(28)19-11-16(31-15-1-2-17(23)18(24)10-15)5-8-27(19)14-3-6-25-7-4-14/h1-2,9-10,12,14,16,19,25H,3-8,11H2,(H,26,28). The van der Waals surface area contributed by atoms with Gasteiger partial charge in [0.1, 0.15) is 16.1 Å². The van der Waals surface area contributed by atoms with Crippen LogP contribution in [0.1, 0.15) is 25.7 Å². The second-order valence-electron chi connectivity index (χ2n) is 8.13. The number of halogens is 3. The average molecular weight is 597 g/mol. The Morgan fingerprint density at radius 3 is 2.61 bits per heavy atom. The Morgan fingerprint density at radius 2 is 1.94 bits per heavy atom. The third-order valence-corrected chi connectivity index (χ3v) is 10.2. The molecule has 2 aliphatic heterocycles. The van der Waals surface area contributed by atoms with Crippen molar-refractivity contribution in [3.63, 3.8) is 0 Å². The summed E-state index contributed by atoms with van der Waals surface area (Å²) in [5.74, 6) is 0.0421. The van der Waals surface area contributed by atoms with Gasteiger partial charge in [-0.15, -0.1) is 11.3 Å². The molecule has 3 heterocycles. The van der Waals surface area contributed by atoms with Crippen molar-refractivity contribution >= 4 is 66.4 Å². The number of nitrogens with zero attached hydrogens (tertiary/aromatic N) is 1. The topological polar surface area (TPSA) is 87.7 Å². The van der Waals surface area contributed by atoms with Gasteiger partial charge in [0.25, 0.3) is 15.9 Å². The molecule has 1 amide bonds. The van der Waals surface area contributed by atoms with Crippen LogP contribution in [0.4, 0.5) is 0 Å². The number of piperidine rings is 2. The van der Waals surface area contributed by atoms with Gasteiger partial charge in [0.2, 0.25) is 0 Å². The SMILES string of the molecule is O=C(NS(=O)(=O)c1cc(Br)cs1)C1CC(Oc2ccc(Cl)c(Cl)c2)CCN1C1CCNCC1. The van der Waals surface area contributed by atoms with E-state index in [1.54, 1.807) is 23.6 Å². The normalized spacial score (nSPS) is 22.8. The van der Waals surface area contributed by atoms with Gasteiger partial charge in [-0.05, 0) is 66.5 Å². The van der Waals surface area contributed by atoms with E-state index in [9.17, 15) is 13.2 Å². The predicted molar refractivity (Wildman–Crippen MR) is 134 cm³/mol. The van der Waals surface area contributed by atoms with Crippen molar-refractivity contribution in [2.24, 2.45) is 0 Å². The number of likely N-dealkylation sites (tertiary alicyclic amines) is 1. The highest BCUT2D eigenvalue weighted by Gasteiger charge is 2.40. The van der Waals surface area contributed by atoms with Gasteiger partial charge < -0.3 is 10.1 Å². The first-order valence-electron chi connectivity index (χ1n) is 10.6. The summed E-state index contributed by atoms with van der Waals surface area (Å²) in [5, 5.41) is 5.84. The van der Waals surface area contributed by atoms with E-state index >= 15 is 0 Å². The average Bonchev–Trinajstić information content (AvgIpc) is 3.24. The molecular weight excluding hydrogens is 573 g/mol. The second kappa shape index (κ2) is 10.8. The summed E-state index contributed by atoms with van der Waals surface area (Å²) in [6.07, 6.45) is 2.66. The Balaban J connectivity index is 1.52. The highest BCUT2D eigenvalue weighted by molar-refractivity contribution is 9.10. The molecule has 0 saturated carbocycles. The minimum atomic E-state index is -3.95. The lowest BCUT2D eigenvalue weighted by Gasteiger charge is -2.44. The maximum atomic E-state index is 13.3. The number of thiophene rings is 1. The first-order chi connectivity index (χ1) is 15.7. The van der Waals surface area contributed by atoms with Crippen LogP contribution >= 0.6 is 50.5 Å². The molecule has 0 aliphatic carbocycles. The number of ether oxygens (including phenoxy) is 1. The van der Waals surface area contributed by atoms with Crippen LogP contribution in [0.5, 0.6) is 5.75 Å². The summed E-state index contributed by atoms with van der Waals surface area (Å²) in [4.78, 5) is 15.4. The van der Waals surface area contributed by atoms with Crippen LogP contribution in [0.25, 0.3) is 0 Å². The largest absolute Gasteiger partial charge is 0.490 e. The van der Waals surface area contributed by atoms with Crippen LogP contribution < -0.4 is 14.8 Å². The molecular formula is C21H24BrCl2N3O4S2. The van der Waals surface area contributed by atoms with Gasteiger partial charge in [0.15, 0.2) is 0 Å². The molecule has 2 N–H and O–H groups in total. The van der Waals surface area contributed by atoms with Gasteiger partial charge in [-0.25, -0.2) is 13.1 Å². The summed E-state index contributed by atoms with van der Waals surface area (Å²) in [6.45, 7) is 2.39. The summed E-state index contributed by atoms with van der Waals surface area (Å²) >= 11 is 16.4. The quantitative estimate of drug-likeness (QED) is 0.517. The smallest absolute Gasteiger partial charge is 0.273 e. The van der Waals surface area contributed by atoms with Crippen molar-refractivity contribution in [1.29, 1.82) is 0 Å². The Kier molecular flexibility index (Phi) is 8.26. The number of carbonyl (C=O) groups is 1.